The molecule has 2 aromatic heterocycles. The van der Waals surface area contributed by atoms with Crippen LogP contribution in [0.5, 0.6) is 5.75 Å². The van der Waals surface area contributed by atoms with Crippen LogP contribution in [0.1, 0.15) is 18.2 Å². The van der Waals surface area contributed by atoms with Gasteiger partial charge in [-0.15, -0.1) is 0 Å². The number of amides is 1. The van der Waals surface area contributed by atoms with Crippen LogP contribution in [0, 0.1) is 0 Å². The summed E-state index contributed by atoms with van der Waals surface area (Å²) in [5.74, 6) is 0.600. The summed E-state index contributed by atoms with van der Waals surface area (Å²) in [5.41, 5.74) is 8.59. The molecule has 27 heavy (non-hydrogen) atoms. The number of nitrogens with one attached hydrogen (secondary N) is 1. The van der Waals surface area contributed by atoms with Crippen LogP contribution in [0.4, 0.5) is 10.1 Å². The highest BCUT2D eigenvalue weighted by molar-refractivity contribution is 5.88. The number of benzene rings is 1. The fourth-order valence-electron chi connectivity index (χ4n) is 2.82. The molecule has 1 aromatic carbocycles. The zero-order chi connectivity index (χ0) is 19.4. The molecule has 0 radical (unpaired) electrons. The summed E-state index contributed by atoms with van der Waals surface area (Å²) >= 11 is 0. The van der Waals surface area contributed by atoms with E-state index in [-0.39, 0.29) is 5.91 Å². The third-order valence-corrected chi connectivity index (χ3v) is 4.00. The van der Waals surface area contributed by atoms with Crippen LogP contribution in [0.2, 0.25) is 0 Å². The highest BCUT2D eigenvalue weighted by atomic mass is 19.1. The standard InChI is InChI=1S/C17H16FN5O2.CH5N/c1-11(24)20-14-3-2-12-8-23-15(9-25-17(12)4-14)5-16(21-23)13-6-19-22(7-13)10-18;1-2/h2-7H,8-10H2,1H3,(H,20,24);2H2,1H3. The Kier molecular flexibility index (Phi) is 5.51. The molecular weight excluding hydrogens is 351 g/mol. The Morgan fingerprint density at radius 1 is 1.37 bits per heavy atom. The number of hydrogen-bond acceptors (Lipinski definition) is 5. The monoisotopic (exact) mass is 372 g/mol. The molecule has 0 saturated carbocycles. The van der Waals surface area contributed by atoms with Gasteiger partial charge >= 0.3 is 0 Å². The van der Waals surface area contributed by atoms with Crippen LogP contribution in [0.3, 0.4) is 0 Å². The van der Waals surface area contributed by atoms with Gasteiger partial charge in [0.2, 0.25) is 5.91 Å². The van der Waals surface area contributed by atoms with Crippen molar-refractivity contribution in [2.45, 2.75) is 26.9 Å². The van der Waals surface area contributed by atoms with E-state index in [9.17, 15) is 9.18 Å². The Bertz CT molecular complexity index is 949. The number of nitrogens with two attached hydrogens (primary N) is 1. The number of alkyl halides is 1. The Hall–Kier alpha value is -3.20. The normalized spacial score (nSPS) is 12.0. The first-order valence-electron chi connectivity index (χ1n) is 8.39. The van der Waals surface area contributed by atoms with Crippen LogP contribution in [-0.2, 0) is 24.7 Å². The fourth-order valence-corrected chi connectivity index (χ4v) is 2.82. The smallest absolute Gasteiger partial charge is 0.221 e. The molecule has 9 heteroatoms. The molecule has 0 fully saturated rings. The van der Waals surface area contributed by atoms with E-state index in [0.717, 1.165) is 28.3 Å². The Labute approximate surface area is 155 Å². The SMILES string of the molecule is CC(=O)Nc1ccc2c(c1)OCc1cc(-c3cnn(CF)c3)nn1C2.CN. The number of halogens is 1. The van der Waals surface area contributed by atoms with Crippen molar-refractivity contribution in [1.82, 2.24) is 19.6 Å². The van der Waals surface area contributed by atoms with Gasteiger partial charge in [-0.25, -0.2) is 9.07 Å². The molecule has 1 aliphatic heterocycles. The fraction of sp³-hybridized carbons (Fsp3) is 0.278. The highest BCUT2D eigenvalue weighted by Crippen LogP contribution is 2.29. The first-order valence-corrected chi connectivity index (χ1v) is 8.39. The minimum Gasteiger partial charge on any atom is -0.487 e. The third kappa shape index (κ3) is 3.98. The summed E-state index contributed by atoms with van der Waals surface area (Å²) in [4.78, 5) is 11.2. The maximum Gasteiger partial charge on any atom is 0.221 e. The molecule has 0 atom stereocenters. The van der Waals surface area contributed by atoms with Gasteiger partial charge in [0.1, 0.15) is 12.4 Å². The summed E-state index contributed by atoms with van der Waals surface area (Å²) in [6.07, 6.45) is 3.22. The number of rotatable bonds is 3. The van der Waals surface area contributed by atoms with Gasteiger partial charge < -0.3 is 15.8 Å². The molecule has 0 spiro atoms. The number of carbonyl (C=O) groups excluding carboxylic acids is 1. The van der Waals surface area contributed by atoms with Gasteiger partial charge in [0.05, 0.1) is 24.1 Å². The Morgan fingerprint density at radius 2 is 2.19 bits per heavy atom. The van der Waals surface area contributed by atoms with E-state index < -0.39 is 6.80 Å². The van der Waals surface area contributed by atoms with Crippen LogP contribution < -0.4 is 15.8 Å². The van der Waals surface area contributed by atoms with Gasteiger partial charge in [-0.3, -0.25) is 9.48 Å². The van der Waals surface area contributed by atoms with Crippen molar-refractivity contribution in [3.63, 3.8) is 0 Å². The quantitative estimate of drug-likeness (QED) is 0.734. The van der Waals surface area contributed by atoms with E-state index in [1.54, 1.807) is 12.4 Å². The van der Waals surface area contributed by atoms with Crippen molar-refractivity contribution < 1.29 is 13.9 Å². The van der Waals surface area contributed by atoms with Crippen LogP contribution >= 0.6 is 0 Å². The summed E-state index contributed by atoms with van der Waals surface area (Å²) < 4.78 is 21.6. The lowest BCUT2D eigenvalue weighted by Gasteiger charge is -2.09. The van der Waals surface area contributed by atoms with Crippen molar-refractivity contribution in [1.29, 1.82) is 0 Å². The molecule has 3 heterocycles. The lowest BCUT2D eigenvalue weighted by atomic mass is 10.2. The molecule has 1 amide bonds. The van der Waals surface area contributed by atoms with Gasteiger partial charge in [0.25, 0.3) is 0 Å². The predicted molar refractivity (Wildman–Crippen MR) is 98.8 cm³/mol. The minimum atomic E-state index is -0.666. The van der Waals surface area contributed by atoms with Crippen molar-refractivity contribution in [2.75, 3.05) is 12.4 Å². The van der Waals surface area contributed by atoms with E-state index in [1.165, 1.54) is 18.7 Å². The molecule has 0 saturated heterocycles. The topological polar surface area (TPSA) is 100.0 Å². The zero-order valence-corrected chi connectivity index (χ0v) is 15.1. The van der Waals surface area contributed by atoms with E-state index in [1.807, 2.05) is 28.9 Å². The summed E-state index contributed by atoms with van der Waals surface area (Å²) in [7, 11) is 1.50. The van der Waals surface area contributed by atoms with Crippen molar-refractivity contribution >= 4 is 11.6 Å². The van der Waals surface area contributed by atoms with Crippen molar-refractivity contribution in [2.24, 2.45) is 5.73 Å². The molecule has 0 bridgehead atoms. The molecule has 3 N–H and O–H groups in total. The average molecular weight is 372 g/mol. The average Bonchev–Trinajstić information content (AvgIpc) is 3.26. The molecule has 8 nitrogen and oxygen atoms in total. The number of anilines is 1. The van der Waals surface area contributed by atoms with E-state index in [0.29, 0.717) is 18.8 Å². The van der Waals surface area contributed by atoms with Gasteiger partial charge in [0.15, 0.2) is 6.80 Å². The molecule has 1 aliphatic rings. The first-order chi connectivity index (χ1) is 13.1. The van der Waals surface area contributed by atoms with Gasteiger partial charge in [0, 0.05) is 36.0 Å². The summed E-state index contributed by atoms with van der Waals surface area (Å²) in [6, 6.07) is 7.48. The lowest BCUT2D eigenvalue weighted by Crippen LogP contribution is -2.06. The van der Waals surface area contributed by atoms with Gasteiger partial charge in [-0.2, -0.15) is 10.2 Å². The van der Waals surface area contributed by atoms with Crippen LogP contribution in [-0.4, -0.2) is 32.5 Å². The van der Waals surface area contributed by atoms with Crippen LogP contribution in [0.25, 0.3) is 11.3 Å². The van der Waals surface area contributed by atoms with E-state index >= 15 is 0 Å². The second kappa shape index (κ2) is 8.00. The third-order valence-electron chi connectivity index (χ3n) is 4.00. The number of fused-ring (bicyclic) bond motifs is 2. The summed E-state index contributed by atoms with van der Waals surface area (Å²) in [6.45, 7) is 1.72. The molecule has 4 rings (SSSR count). The van der Waals surface area contributed by atoms with Crippen LogP contribution in [0.15, 0.2) is 36.7 Å². The largest absolute Gasteiger partial charge is 0.487 e. The zero-order valence-electron chi connectivity index (χ0n) is 15.1. The number of aromatic nitrogens is 4. The maximum atomic E-state index is 12.6. The minimum absolute atomic E-state index is 0.125. The molecule has 3 aromatic rings. The Balaban J connectivity index is 0.00000102. The van der Waals surface area contributed by atoms with Crippen molar-refractivity contribution in [3.05, 3.63) is 47.9 Å². The lowest BCUT2D eigenvalue weighted by molar-refractivity contribution is -0.114. The van der Waals surface area contributed by atoms with Gasteiger partial charge in [-0.1, -0.05) is 6.07 Å². The molecular formula is C18H21FN6O2. The second-order valence-corrected chi connectivity index (χ2v) is 5.86. The predicted octanol–water partition coefficient (Wildman–Crippen LogP) is 2.15. The number of carbonyl (C=O) groups is 1. The summed E-state index contributed by atoms with van der Waals surface area (Å²) in [5, 5.41) is 11.3. The van der Waals surface area contributed by atoms with Gasteiger partial charge in [-0.05, 0) is 19.2 Å². The van der Waals surface area contributed by atoms with E-state index in [4.69, 9.17) is 4.74 Å². The maximum absolute atomic E-state index is 12.6. The molecule has 0 aliphatic carbocycles. The Morgan fingerprint density at radius 3 is 2.89 bits per heavy atom. The molecule has 0 unspecified atom stereocenters. The highest BCUT2D eigenvalue weighted by Gasteiger charge is 2.18. The number of ether oxygens (including phenoxy) is 1. The van der Waals surface area contributed by atoms with Crippen molar-refractivity contribution in [3.8, 4) is 17.0 Å². The number of hydrogen-bond donors (Lipinski definition) is 2. The number of nitrogens with zero attached hydrogens (tertiary/aromatic N) is 4. The first kappa shape index (κ1) is 18.6. The molecule has 142 valence electrons. The second-order valence-electron chi connectivity index (χ2n) is 5.86. The van der Waals surface area contributed by atoms with E-state index in [2.05, 4.69) is 21.2 Å².